The second-order valence-electron chi connectivity index (χ2n) is 2.78. The third-order valence-corrected chi connectivity index (χ3v) is 1.67. The van der Waals surface area contributed by atoms with Crippen LogP contribution in [-0.4, -0.2) is 9.91 Å². The van der Waals surface area contributed by atoms with Gasteiger partial charge in [-0.2, -0.15) is 13.2 Å². The Morgan fingerprint density at radius 1 is 1.35 bits per heavy atom. The standard InChI is InChI=1S/C7H2F6N2O2/c8-4-2(7(11,12)13)1-3(15(16)17)14-5(4)6(9)10/h1,6H. The van der Waals surface area contributed by atoms with E-state index in [9.17, 15) is 36.5 Å². The molecule has 1 aromatic rings. The fourth-order valence-corrected chi connectivity index (χ4v) is 0.980. The van der Waals surface area contributed by atoms with Gasteiger partial charge >= 0.3 is 18.4 Å². The molecule has 0 amide bonds. The predicted molar refractivity (Wildman–Crippen MR) is 40.8 cm³/mol. The Kier molecular flexibility index (Phi) is 3.25. The average Bonchev–Trinajstić information content (AvgIpc) is 2.15. The molecule has 94 valence electrons. The van der Waals surface area contributed by atoms with Gasteiger partial charge in [0.2, 0.25) is 0 Å². The number of pyridine rings is 1. The van der Waals surface area contributed by atoms with E-state index >= 15 is 0 Å². The van der Waals surface area contributed by atoms with Crippen LogP contribution in [0.25, 0.3) is 0 Å². The molecule has 0 atom stereocenters. The van der Waals surface area contributed by atoms with Gasteiger partial charge in [-0.1, -0.05) is 0 Å². The lowest BCUT2D eigenvalue weighted by Crippen LogP contribution is -2.13. The topological polar surface area (TPSA) is 56.0 Å². The third kappa shape index (κ3) is 2.63. The van der Waals surface area contributed by atoms with E-state index in [1.807, 2.05) is 0 Å². The maximum atomic E-state index is 13.0. The van der Waals surface area contributed by atoms with E-state index in [-0.39, 0.29) is 6.07 Å². The van der Waals surface area contributed by atoms with Crippen molar-refractivity contribution in [3.63, 3.8) is 0 Å². The van der Waals surface area contributed by atoms with Crippen LogP contribution in [0.15, 0.2) is 6.07 Å². The molecule has 0 fully saturated rings. The van der Waals surface area contributed by atoms with Crippen molar-refractivity contribution in [1.29, 1.82) is 0 Å². The van der Waals surface area contributed by atoms with Crippen molar-refractivity contribution in [3.05, 3.63) is 33.3 Å². The average molecular weight is 260 g/mol. The van der Waals surface area contributed by atoms with E-state index in [1.165, 1.54) is 0 Å². The van der Waals surface area contributed by atoms with Crippen molar-refractivity contribution < 1.29 is 31.3 Å². The van der Waals surface area contributed by atoms with Gasteiger partial charge in [-0.15, -0.1) is 0 Å². The molecule has 17 heavy (non-hydrogen) atoms. The third-order valence-electron chi connectivity index (χ3n) is 1.67. The van der Waals surface area contributed by atoms with E-state index in [2.05, 4.69) is 4.98 Å². The Hall–Kier alpha value is -1.87. The Morgan fingerprint density at radius 2 is 1.88 bits per heavy atom. The number of hydrogen-bond donors (Lipinski definition) is 0. The van der Waals surface area contributed by atoms with Crippen LogP contribution in [0.4, 0.5) is 32.2 Å². The van der Waals surface area contributed by atoms with E-state index < -0.39 is 40.4 Å². The molecule has 0 saturated carbocycles. The molecular formula is C7H2F6N2O2. The van der Waals surface area contributed by atoms with Gasteiger partial charge in [0.15, 0.2) is 5.82 Å². The quantitative estimate of drug-likeness (QED) is 0.466. The van der Waals surface area contributed by atoms with Gasteiger partial charge in [-0.25, -0.2) is 13.2 Å². The Morgan fingerprint density at radius 3 is 2.24 bits per heavy atom. The number of nitrogens with zero attached hydrogens (tertiary/aromatic N) is 2. The van der Waals surface area contributed by atoms with Gasteiger partial charge < -0.3 is 10.1 Å². The monoisotopic (exact) mass is 260 g/mol. The molecular weight excluding hydrogens is 258 g/mol. The van der Waals surface area contributed by atoms with Crippen molar-refractivity contribution in [3.8, 4) is 0 Å². The summed E-state index contributed by atoms with van der Waals surface area (Å²) in [6.07, 6.45) is -9.00. The zero-order valence-electron chi connectivity index (χ0n) is 7.63. The number of hydrogen-bond acceptors (Lipinski definition) is 3. The molecule has 1 heterocycles. The molecule has 0 aliphatic rings. The molecule has 1 aromatic heterocycles. The first-order valence-electron chi connectivity index (χ1n) is 3.84. The molecule has 0 radical (unpaired) electrons. The highest BCUT2D eigenvalue weighted by Crippen LogP contribution is 2.36. The van der Waals surface area contributed by atoms with Crippen LogP contribution in [0.5, 0.6) is 0 Å². The smallest absolute Gasteiger partial charge is 0.358 e. The first-order chi connectivity index (χ1) is 7.64. The van der Waals surface area contributed by atoms with Crippen molar-refractivity contribution in [2.75, 3.05) is 0 Å². The van der Waals surface area contributed by atoms with Crippen LogP contribution >= 0.6 is 0 Å². The van der Waals surface area contributed by atoms with Crippen LogP contribution < -0.4 is 0 Å². The molecule has 0 spiro atoms. The number of aromatic nitrogens is 1. The van der Waals surface area contributed by atoms with Gasteiger partial charge in [-0.05, 0) is 9.91 Å². The van der Waals surface area contributed by atoms with Crippen molar-refractivity contribution >= 4 is 5.82 Å². The maximum absolute atomic E-state index is 13.0. The zero-order valence-corrected chi connectivity index (χ0v) is 7.63. The van der Waals surface area contributed by atoms with Gasteiger partial charge in [0.25, 0.3) is 5.69 Å². The summed E-state index contributed by atoms with van der Waals surface area (Å²) in [5.41, 5.74) is -4.04. The number of halogens is 6. The summed E-state index contributed by atoms with van der Waals surface area (Å²) in [6, 6.07) is -0.235. The highest BCUT2D eigenvalue weighted by atomic mass is 19.4. The fourth-order valence-electron chi connectivity index (χ4n) is 0.980. The molecule has 0 bridgehead atoms. The Bertz CT molecular complexity index is 458. The highest BCUT2D eigenvalue weighted by Gasteiger charge is 2.40. The lowest BCUT2D eigenvalue weighted by Gasteiger charge is -2.08. The molecule has 1 rings (SSSR count). The summed E-state index contributed by atoms with van der Waals surface area (Å²) >= 11 is 0. The van der Waals surface area contributed by atoms with Crippen LogP contribution in [-0.2, 0) is 6.18 Å². The van der Waals surface area contributed by atoms with Gasteiger partial charge in [0.1, 0.15) is 5.56 Å². The Labute approximate surface area is 89.0 Å². The summed E-state index contributed by atoms with van der Waals surface area (Å²) < 4.78 is 73.9. The highest BCUT2D eigenvalue weighted by molar-refractivity contribution is 5.33. The second-order valence-corrected chi connectivity index (χ2v) is 2.78. The van der Waals surface area contributed by atoms with Gasteiger partial charge in [0, 0.05) is 0 Å². The van der Waals surface area contributed by atoms with Crippen LogP contribution in [0, 0.1) is 15.9 Å². The fraction of sp³-hybridized carbons (Fsp3) is 0.286. The Balaban J connectivity index is 3.55. The van der Waals surface area contributed by atoms with E-state index in [0.717, 1.165) is 0 Å². The lowest BCUT2D eigenvalue weighted by atomic mass is 10.2. The summed E-state index contributed by atoms with van der Waals surface area (Å²) in [6.45, 7) is 0. The molecule has 0 aromatic carbocycles. The van der Waals surface area contributed by atoms with Crippen LogP contribution in [0.3, 0.4) is 0 Å². The minimum absolute atomic E-state index is 0.235. The first-order valence-corrected chi connectivity index (χ1v) is 3.84. The molecule has 0 aliphatic heterocycles. The largest absolute Gasteiger partial charge is 0.419 e. The molecule has 4 nitrogen and oxygen atoms in total. The van der Waals surface area contributed by atoms with Crippen molar-refractivity contribution in [1.82, 2.24) is 4.98 Å². The second kappa shape index (κ2) is 4.18. The van der Waals surface area contributed by atoms with Crippen LogP contribution in [0.1, 0.15) is 17.7 Å². The van der Waals surface area contributed by atoms with Crippen LogP contribution in [0.2, 0.25) is 0 Å². The summed E-state index contributed by atoms with van der Waals surface area (Å²) in [5, 5.41) is 10.2. The molecule has 0 aliphatic carbocycles. The van der Waals surface area contributed by atoms with Crippen molar-refractivity contribution in [2.24, 2.45) is 0 Å². The molecule has 0 saturated heterocycles. The maximum Gasteiger partial charge on any atom is 0.419 e. The summed E-state index contributed by atoms with van der Waals surface area (Å²) in [4.78, 5) is 11.3. The number of nitro groups is 1. The molecule has 0 N–H and O–H groups in total. The van der Waals surface area contributed by atoms with Gasteiger partial charge in [0.05, 0.1) is 6.07 Å². The van der Waals surface area contributed by atoms with E-state index in [1.54, 1.807) is 0 Å². The first kappa shape index (κ1) is 13.2. The normalized spacial score (nSPS) is 11.9. The summed E-state index contributed by atoms with van der Waals surface area (Å²) in [5.74, 6) is -3.80. The predicted octanol–water partition coefficient (Wildman–Crippen LogP) is 3.09. The number of rotatable bonds is 2. The molecule has 0 unspecified atom stereocenters. The SMILES string of the molecule is O=[N+]([O-])c1cc(C(F)(F)F)c(F)c(C(F)F)n1. The van der Waals surface area contributed by atoms with E-state index in [4.69, 9.17) is 0 Å². The zero-order chi connectivity index (χ0) is 13.4. The summed E-state index contributed by atoms with van der Waals surface area (Å²) in [7, 11) is 0. The molecule has 10 heteroatoms. The van der Waals surface area contributed by atoms with E-state index in [0.29, 0.717) is 0 Å². The lowest BCUT2D eigenvalue weighted by molar-refractivity contribution is -0.390. The van der Waals surface area contributed by atoms with Crippen molar-refractivity contribution in [2.45, 2.75) is 12.6 Å². The number of alkyl halides is 5. The van der Waals surface area contributed by atoms with Gasteiger partial charge in [-0.3, -0.25) is 0 Å². The minimum Gasteiger partial charge on any atom is -0.358 e. The minimum atomic E-state index is -5.32.